The maximum atomic E-state index is 13.4. The summed E-state index contributed by atoms with van der Waals surface area (Å²) >= 11 is 0. The molecular weight excluding hydrogens is 414 g/mol. The monoisotopic (exact) mass is 437 g/mol. The van der Waals surface area contributed by atoms with Gasteiger partial charge in [0.15, 0.2) is 0 Å². The van der Waals surface area contributed by atoms with E-state index in [9.17, 15) is 16.8 Å². The lowest BCUT2D eigenvalue weighted by Crippen LogP contribution is -2.49. The predicted molar refractivity (Wildman–Crippen MR) is 107 cm³/mol. The zero-order chi connectivity index (χ0) is 20.7. The van der Waals surface area contributed by atoms with E-state index in [0.29, 0.717) is 18.7 Å². The van der Waals surface area contributed by atoms with E-state index in [1.54, 1.807) is 49.5 Å². The summed E-state index contributed by atoms with van der Waals surface area (Å²) in [5.41, 5.74) is -0.335. The SMILES string of the molecule is CCS(=O)(=O)N1CC[C@@]2(C1)CN(Cc1ccccn1)S(=O)(=O)c1ccccc1O2. The summed E-state index contributed by atoms with van der Waals surface area (Å²) in [7, 11) is -7.23. The fourth-order valence-electron chi connectivity index (χ4n) is 3.81. The highest BCUT2D eigenvalue weighted by molar-refractivity contribution is 7.89. The second-order valence-electron chi connectivity index (χ2n) is 7.31. The van der Waals surface area contributed by atoms with Crippen molar-refractivity contribution in [2.75, 3.05) is 25.4 Å². The summed E-state index contributed by atoms with van der Waals surface area (Å²) in [4.78, 5) is 4.34. The van der Waals surface area contributed by atoms with Gasteiger partial charge in [-0.05, 0) is 31.2 Å². The van der Waals surface area contributed by atoms with Crippen molar-refractivity contribution in [3.63, 3.8) is 0 Å². The molecule has 4 rings (SSSR count). The van der Waals surface area contributed by atoms with Crippen LogP contribution in [0.3, 0.4) is 0 Å². The lowest BCUT2D eigenvalue weighted by atomic mass is 10.0. The number of hydrogen-bond acceptors (Lipinski definition) is 6. The first-order valence-electron chi connectivity index (χ1n) is 9.42. The molecule has 0 N–H and O–H groups in total. The molecule has 1 spiro atoms. The number of nitrogens with zero attached hydrogens (tertiary/aromatic N) is 3. The van der Waals surface area contributed by atoms with Gasteiger partial charge < -0.3 is 4.74 Å². The molecule has 1 saturated heterocycles. The standard InChI is InChI=1S/C19H23N3O5S2/c1-2-28(23,24)21-12-10-19(14-21)15-22(13-16-7-5-6-11-20-16)29(25,26)18-9-4-3-8-17(18)27-19/h3-9,11H,2,10,12-15H2,1H3/t19-/m1/s1. The first-order valence-corrected chi connectivity index (χ1v) is 12.5. The maximum Gasteiger partial charge on any atom is 0.247 e. The van der Waals surface area contributed by atoms with Crippen LogP contribution in [0.2, 0.25) is 0 Å². The molecule has 0 radical (unpaired) electrons. The Kier molecular flexibility index (Phi) is 5.14. The minimum Gasteiger partial charge on any atom is -0.483 e. The lowest BCUT2D eigenvalue weighted by Gasteiger charge is -2.31. The fourth-order valence-corrected chi connectivity index (χ4v) is 6.58. The average molecular weight is 438 g/mol. The van der Waals surface area contributed by atoms with Crippen molar-refractivity contribution < 1.29 is 21.6 Å². The minimum absolute atomic E-state index is 0.00435. The number of hydrogen-bond donors (Lipinski definition) is 0. The molecule has 3 heterocycles. The van der Waals surface area contributed by atoms with Gasteiger partial charge in [0.2, 0.25) is 20.0 Å². The molecule has 8 nitrogen and oxygen atoms in total. The zero-order valence-corrected chi connectivity index (χ0v) is 17.7. The molecule has 2 aromatic rings. The molecule has 1 fully saturated rings. The predicted octanol–water partition coefficient (Wildman–Crippen LogP) is 1.46. The van der Waals surface area contributed by atoms with Crippen molar-refractivity contribution in [1.82, 2.24) is 13.6 Å². The topological polar surface area (TPSA) is 96.9 Å². The molecule has 0 unspecified atom stereocenters. The Hall–Kier alpha value is -2.01. The van der Waals surface area contributed by atoms with E-state index in [1.165, 1.54) is 14.7 Å². The van der Waals surface area contributed by atoms with Crippen LogP contribution >= 0.6 is 0 Å². The Morgan fingerprint density at radius 2 is 1.90 bits per heavy atom. The van der Waals surface area contributed by atoms with E-state index in [4.69, 9.17) is 4.74 Å². The summed E-state index contributed by atoms with van der Waals surface area (Å²) in [6.45, 7) is 2.16. The fraction of sp³-hybridized carbons (Fsp3) is 0.421. The number of ether oxygens (including phenoxy) is 1. The van der Waals surface area contributed by atoms with Gasteiger partial charge in [-0.15, -0.1) is 0 Å². The molecule has 0 amide bonds. The Labute approximate surface area is 171 Å². The van der Waals surface area contributed by atoms with Crippen molar-refractivity contribution in [2.24, 2.45) is 0 Å². The molecule has 1 aromatic carbocycles. The molecular formula is C19H23N3O5S2. The van der Waals surface area contributed by atoms with Gasteiger partial charge in [-0.25, -0.2) is 16.8 Å². The van der Waals surface area contributed by atoms with E-state index in [-0.39, 0.29) is 36.0 Å². The molecule has 1 atom stereocenters. The molecule has 0 aliphatic carbocycles. The number of benzene rings is 1. The summed E-state index contributed by atoms with van der Waals surface area (Å²) in [6.07, 6.45) is 2.03. The van der Waals surface area contributed by atoms with Gasteiger partial charge >= 0.3 is 0 Å². The molecule has 2 aliphatic rings. The highest BCUT2D eigenvalue weighted by Crippen LogP contribution is 2.39. The van der Waals surface area contributed by atoms with Gasteiger partial charge in [0, 0.05) is 19.2 Å². The molecule has 10 heteroatoms. The third-order valence-corrected chi connectivity index (χ3v) is 9.02. The first kappa shape index (κ1) is 20.3. The van der Waals surface area contributed by atoms with Crippen LogP contribution in [0.1, 0.15) is 19.0 Å². The number of rotatable bonds is 4. The molecule has 0 bridgehead atoms. The molecule has 156 valence electrons. The highest BCUT2D eigenvalue weighted by atomic mass is 32.2. The van der Waals surface area contributed by atoms with E-state index in [2.05, 4.69) is 4.98 Å². The van der Waals surface area contributed by atoms with Crippen LogP contribution in [0, 0.1) is 0 Å². The van der Waals surface area contributed by atoms with Crippen molar-refractivity contribution in [1.29, 1.82) is 0 Å². The summed E-state index contributed by atoms with van der Waals surface area (Å²) < 4.78 is 60.5. The quantitative estimate of drug-likeness (QED) is 0.718. The highest BCUT2D eigenvalue weighted by Gasteiger charge is 2.49. The van der Waals surface area contributed by atoms with Crippen LogP contribution < -0.4 is 4.74 Å². The van der Waals surface area contributed by atoms with Gasteiger partial charge in [0.1, 0.15) is 16.2 Å². The van der Waals surface area contributed by atoms with Gasteiger partial charge in [0.25, 0.3) is 0 Å². The van der Waals surface area contributed by atoms with Gasteiger partial charge in [0.05, 0.1) is 31.1 Å². The number of sulfonamides is 2. The summed E-state index contributed by atoms with van der Waals surface area (Å²) in [6, 6.07) is 11.8. The van der Waals surface area contributed by atoms with Crippen LogP contribution in [0.4, 0.5) is 0 Å². The van der Waals surface area contributed by atoms with Gasteiger partial charge in [-0.2, -0.15) is 8.61 Å². The lowest BCUT2D eigenvalue weighted by molar-refractivity contribution is 0.0642. The number of fused-ring (bicyclic) bond motifs is 1. The van der Waals surface area contributed by atoms with Crippen LogP contribution in [0.15, 0.2) is 53.6 Å². The van der Waals surface area contributed by atoms with Crippen molar-refractivity contribution in [2.45, 2.75) is 30.4 Å². The number of aromatic nitrogens is 1. The first-order chi connectivity index (χ1) is 13.8. The van der Waals surface area contributed by atoms with Crippen molar-refractivity contribution in [3.8, 4) is 5.75 Å². The van der Waals surface area contributed by atoms with Crippen LogP contribution in [0.25, 0.3) is 0 Å². The Morgan fingerprint density at radius 3 is 2.62 bits per heavy atom. The van der Waals surface area contributed by atoms with E-state index >= 15 is 0 Å². The van der Waals surface area contributed by atoms with Crippen LogP contribution in [-0.2, 0) is 26.6 Å². The molecule has 29 heavy (non-hydrogen) atoms. The molecule has 2 aliphatic heterocycles. The number of pyridine rings is 1. The zero-order valence-electron chi connectivity index (χ0n) is 16.1. The van der Waals surface area contributed by atoms with Crippen LogP contribution in [-0.4, -0.2) is 61.4 Å². The largest absolute Gasteiger partial charge is 0.483 e. The van der Waals surface area contributed by atoms with E-state index < -0.39 is 25.6 Å². The average Bonchev–Trinajstić information content (AvgIpc) is 3.09. The Bertz CT molecular complexity index is 1110. The van der Waals surface area contributed by atoms with Gasteiger partial charge in [-0.1, -0.05) is 18.2 Å². The van der Waals surface area contributed by atoms with Crippen LogP contribution in [0.5, 0.6) is 5.75 Å². The third-order valence-electron chi connectivity index (χ3n) is 5.36. The van der Waals surface area contributed by atoms with Crippen molar-refractivity contribution in [3.05, 3.63) is 54.4 Å². The van der Waals surface area contributed by atoms with Gasteiger partial charge in [-0.3, -0.25) is 4.98 Å². The maximum absolute atomic E-state index is 13.4. The number of para-hydroxylation sites is 1. The second-order valence-corrected chi connectivity index (χ2v) is 11.5. The third kappa shape index (κ3) is 3.77. The molecule has 0 saturated carbocycles. The van der Waals surface area contributed by atoms with E-state index in [0.717, 1.165) is 0 Å². The normalized spacial score (nSPS) is 24.7. The summed E-state index contributed by atoms with van der Waals surface area (Å²) in [5.74, 6) is 0.252. The Balaban J connectivity index is 1.76. The smallest absolute Gasteiger partial charge is 0.247 e. The summed E-state index contributed by atoms with van der Waals surface area (Å²) in [5, 5.41) is 0. The minimum atomic E-state index is -3.84. The Morgan fingerprint density at radius 1 is 1.14 bits per heavy atom. The second kappa shape index (κ2) is 7.35. The molecule has 1 aromatic heterocycles. The van der Waals surface area contributed by atoms with Crippen molar-refractivity contribution >= 4 is 20.0 Å². The van der Waals surface area contributed by atoms with E-state index in [1.807, 2.05) is 0 Å².